The molecular weight excluding hydrogens is 306 g/mol. The predicted molar refractivity (Wildman–Crippen MR) is 93.1 cm³/mol. The van der Waals surface area contributed by atoms with Gasteiger partial charge in [-0.3, -0.25) is 0 Å². The molecule has 0 unspecified atom stereocenters. The first kappa shape index (κ1) is 16.7. The molecule has 130 valence electrons. The Morgan fingerprint density at radius 3 is 3.00 bits per heavy atom. The van der Waals surface area contributed by atoms with Crippen molar-refractivity contribution in [1.29, 1.82) is 0 Å². The number of nitrogens with zero attached hydrogens (tertiary/aromatic N) is 4. The van der Waals surface area contributed by atoms with Gasteiger partial charge in [-0.15, -0.1) is 0 Å². The number of anilines is 1. The summed E-state index contributed by atoms with van der Waals surface area (Å²) < 4.78 is 7.27. The smallest absolute Gasteiger partial charge is 0.321 e. The number of aromatic nitrogens is 3. The Morgan fingerprint density at radius 1 is 1.50 bits per heavy atom. The summed E-state index contributed by atoms with van der Waals surface area (Å²) >= 11 is 0. The molecule has 0 aliphatic carbocycles. The number of rotatable bonds is 5. The first-order valence-corrected chi connectivity index (χ1v) is 8.55. The Labute approximate surface area is 142 Å². The molecule has 7 nitrogen and oxygen atoms in total. The third-order valence-electron chi connectivity index (χ3n) is 4.35. The van der Waals surface area contributed by atoms with Crippen molar-refractivity contribution in [2.45, 2.75) is 33.2 Å². The molecule has 0 bridgehead atoms. The Bertz CT molecular complexity index is 706. The van der Waals surface area contributed by atoms with Crippen LogP contribution in [-0.2, 0) is 4.74 Å². The maximum Gasteiger partial charge on any atom is 0.321 e. The van der Waals surface area contributed by atoms with Crippen LogP contribution < -0.4 is 5.32 Å². The van der Waals surface area contributed by atoms with Crippen LogP contribution in [0.15, 0.2) is 18.5 Å². The molecule has 1 atom stereocenters. The van der Waals surface area contributed by atoms with Gasteiger partial charge >= 0.3 is 6.03 Å². The van der Waals surface area contributed by atoms with E-state index in [1.54, 1.807) is 12.4 Å². The summed E-state index contributed by atoms with van der Waals surface area (Å²) in [6.07, 6.45) is 4.49. The number of nitrogens with one attached hydrogen (secondary N) is 1. The van der Waals surface area contributed by atoms with Crippen molar-refractivity contribution >= 4 is 22.8 Å². The maximum absolute atomic E-state index is 12.5. The van der Waals surface area contributed by atoms with E-state index in [1.165, 1.54) is 0 Å². The lowest BCUT2D eigenvalue weighted by atomic mass is 10.1. The molecule has 0 saturated carbocycles. The summed E-state index contributed by atoms with van der Waals surface area (Å²) in [5, 5.41) is 8.22. The van der Waals surface area contributed by atoms with Gasteiger partial charge in [-0.05, 0) is 33.3 Å². The molecule has 1 aliphatic rings. The summed E-state index contributed by atoms with van der Waals surface area (Å²) in [6.45, 7) is 9.05. The SMILES string of the molecule is CCN(C[C@@H]1CCOC1)C(=O)Nc1cnc2c(cnn2C(C)C)c1. The second-order valence-electron chi connectivity index (χ2n) is 6.52. The molecule has 3 rings (SSSR count). The molecule has 1 saturated heterocycles. The highest BCUT2D eigenvalue weighted by molar-refractivity contribution is 5.91. The fourth-order valence-corrected chi connectivity index (χ4v) is 2.98. The van der Waals surface area contributed by atoms with Gasteiger partial charge in [-0.25, -0.2) is 14.5 Å². The quantitative estimate of drug-likeness (QED) is 0.914. The Kier molecular flexibility index (Phi) is 4.99. The summed E-state index contributed by atoms with van der Waals surface area (Å²) in [5.74, 6) is 0.431. The van der Waals surface area contributed by atoms with E-state index in [0.717, 1.165) is 37.2 Å². The van der Waals surface area contributed by atoms with Crippen molar-refractivity contribution < 1.29 is 9.53 Å². The minimum absolute atomic E-state index is 0.0956. The molecule has 1 aliphatic heterocycles. The standard InChI is InChI=1S/C17H25N5O2/c1-4-21(10-13-5-6-24-11-13)17(23)20-15-7-14-8-19-22(12(2)3)16(14)18-9-15/h7-9,12-13H,4-6,10-11H2,1-3H3,(H,20,23)/t13-/m0/s1. The van der Waals surface area contributed by atoms with Crippen molar-refractivity contribution in [1.82, 2.24) is 19.7 Å². The van der Waals surface area contributed by atoms with Crippen molar-refractivity contribution in [2.75, 3.05) is 31.6 Å². The Morgan fingerprint density at radius 2 is 2.33 bits per heavy atom. The number of hydrogen-bond donors (Lipinski definition) is 1. The molecule has 1 fully saturated rings. The molecule has 7 heteroatoms. The van der Waals surface area contributed by atoms with Gasteiger partial charge in [0, 0.05) is 37.0 Å². The lowest BCUT2D eigenvalue weighted by molar-refractivity contribution is 0.171. The Balaban J connectivity index is 1.69. The highest BCUT2D eigenvalue weighted by Crippen LogP contribution is 2.20. The van der Waals surface area contributed by atoms with E-state index in [-0.39, 0.29) is 12.1 Å². The molecule has 0 radical (unpaired) electrons. The first-order valence-electron chi connectivity index (χ1n) is 8.55. The van der Waals surface area contributed by atoms with Crippen LogP contribution >= 0.6 is 0 Å². The molecule has 2 aromatic heterocycles. The average molecular weight is 331 g/mol. The number of pyridine rings is 1. The van der Waals surface area contributed by atoms with Gasteiger partial charge in [0.05, 0.1) is 24.7 Å². The molecule has 1 N–H and O–H groups in total. The number of hydrogen-bond acceptors (Lipinski definition) is 4. The van der Waals surface area contributed by atoms with Crippen LogP contribution in [0, 0.1) is 5.92 Å². The first-order chi connectivity index (χ1) is 11.6. The van der Waals surface area contributed by atoms with Crippen molar-refractivity contribution in [3.05, 3.63) is 18.5 Å². The lowest BCUT2D eigenvalue weighted by Crippen LogP contribution is -2.38. The van der Waals surface area contributed by atoms with Crippen LogP contribution in [0.2, 0.25) is 0 Å². The van der Waals surface area contributed by atoms with Crippen LogP contribution in [0.25, 0.3) is 11.0 Å². The van der Waals surface area contributed by atoms with E-state index in [9.17, 15) is 4.79 Å². The summed E-state index contributed by atoms with van der Waals surface area (Å²) in [4.78, 5) is 18.8. The van der Waals surface area contributed by atoms with Gasteiger partial charge in [0.2, 0.25) is 0 Å². The summed E-state index contributed by atoms with van der Waals surface area (Å²) in [7, 11) is 0. The zero-order valence-electron chi connectivity index (χ0n) is 14.5. The van der Waals surface area contributed by atoms with Gasteiger partial charge in [-0.1, -0.05) is 0 Å². The molecular formula is C17H25N5O2. The molecule has 24 heavy (non-hydrogen) atoms. The van der Waals surface area contributed by atoms with E-state index in [2.05, 4.69) is 29.2 Å². The fourth-order valence-electron chi connectivity index (χ4n) is 2.98. The second-order valence-corrected chi connectivity index (χ2v) is 6.52. The van der Waals surface area contributed by atoms with Gasteiger partial charge in [0.25, 0.3) is 0 Å². The van der Waals surface area contributed by atoms with E-state index in [0.29, 0.717) is 18.2 Å². The molecule has 2 aromatic rings. The third-order valence-corrected chi connectivity index (χ3v) is 4.35. The minimum Gasteiger partial charge on any atom is -0.381 e. The van der Waals surface area contributed by atoms with E-state index < -0.39 is 0 Å². The highest BCUT2D eigenvalue weighted by Gasteiger charge is 2.21. The zero-order chi connectivity index (χ0) is 17.1. The number of carbonyl (C=O) groups excluding carboxylic acids is 1. The number of fused-ring (bicyclic) bond motifs is 1. The summed E-state index contributed by atoms with van der Waals surface area (Å²) in [6, 6.07) is 2.07. The van der Waals surface area contributed by atoms with Crippen LogP contribution in [0.4, 0.5) is 10.5 Å². The van der Waals surface area contributed by atoms with Gasteiger partial charge in [-0.2, -0.15) is 5.10 Å². The second kappa shape index (κ2) is 7.17. The molecule has 0 spiro atoms. The molecule has 3 heterocycles. The number of carbonyl (C=O) groups is 1. The van der Waals surface area contributed by atoms with Gasteiger partial charge < -0.3 is 15.0 Å². The zero-order valence-corrected chi connectivity index (χ0v) is 14.5. The highest BCUT2D eigenvalue weighted by atomic mass is 16.5. The monoisotopic (exact) mass is 331 g/mol. The minimum atomic E-state index is -0.0956. The number of ether oxygens (including phenoxy) is 1. The molecule has 0 aromatic carbocycles. The third kappa shape index (κ3) is 3.51. The van der Waals surface area contributed by atoms with Crippen molar-refractivity contribution in [2.24, 2.45) is 5.92 Å². The fraction of sp³-hybridized carbons (Fsp3) is 0.588. The van der Waals surface area contributed by atoms with Crippen molar-refractivity contribution in [3.63, 3.8) is 0 Å². The lowest BCUT2D eigenvalue weighted by Gasteiger charge is -2.24. The van der Waals surface area contributed by atoms with E-state index in [1.807, 2.05) is 22.6 Å². The number of urea groups is 1. The van der Waals surface area contributed by atoms with E-state index >= 15 is 0 Å². The molecule has 2 amide bonds. The van der Waals surface area contributed by atoms with E-state index in [4.69, 9.17) is 4.74 Å². The van der Waals surface area contributed by atoms with Crippen LogP contribution in [0.3, 0.4) is 0 Å². The predicted octanol–water partition coefficient (Wildman–Crippen LogP) is 2.90. The van der Waals surface area contributed by atoms with Crippen LogP contribution in [0.1, 0.15) is 33.2 Å². The average Bonchev–Trinajstić information content (AvgIpc) is 3.21. The number of amides is 2. The van der Waals surface area contributed by atoms with Gasteiger partial charge in [0.15, 0.2) is 5.65 Å². The van der Waals surface area contributed by atoms with Gasteiger partial charge in [0.1, 0.15) is 0 Å². The van der Waals surface area contributed by atoms with Crippen molar-refractivity contribution in [3.8, 4) is 0 Å². The summed E-state index contributed by atoms with van der Waals surface area (Å²) in [5.41, 5.74) is 1.52. The largest absolute Gasteiger partial charge is 0.381 e. The topological polar surface area (TPSA) is 72.3 Å². The maximum atomic E-state index is 12.5. The van der Waals surface area contributed by atoms with Crippen LogP contribution in [0.5, 0.6) is 0 Å². The van der Waals surface area contributed by atoms with Crippen LogP contribution in [-0.4, -0.2) is 52.0 Å². The normalized spacial score (nSPS) is 17.6. The Hall–Kier alpha value is -2.15.